The number of nitrogens with one attached hydrogen (secondary N) is 1. The molecule has 0 aromatic rings. The number of allylic oxidation sites excluding steroid dienone is 1. The molecule has 0 fully saturated rings. The third kappa shape index (κ3) is 2.88. The molecule has 66 valence electrons. The minimum atomic E-state index is -1.99. The lowest BCUT2D eigenvalue weighted by Crippen LogP contribution is -2.39. The average Bonchev–Trinajstić information content (AvgIpc) is 1.81. The molecule has 9 heteroatoms. The van der Waals surface area contributed by atoms with Gasteiger partial charge in [-0.2, -0.15) is 0 Å². The topological polar surface area (TPSA) is 77.3 Å². The number of hydrogen-bond acceptors (Lipinski definition) is 6. The van der Waals surface area contributed by atoms with E-state index in [0.717, 1.165) is 0 Å². The van der Waals surface area contributed by atoms with Crippen molar-refractivity contribution in [2.24, 2.45) is 5.10 Å². The van der Waals surface area contributed by atoms with Gasteiger partial charge < -0.3 is 10.0 Å². The van der Waals surface area contributed by atoms with Crippen LogP contribution in [0.2, 0.25) is 0 Å². The van der Waals surface area contributed by atoms with Gasteiger partial charge in [0.25, 0.3) is 0 Å². The zero-order chi connectivity index (χ0) is 9.14. The molecule has 0 atom stereocenters. The molecule has 12 heavy (non-hydrogen) atoms. The van der Waals surface area contributed by atoms with E-state index in [4.69, 9.17) is 33.2 Å². The van der Waals surface area contributed by atoms with E-state index < -0.39 is 7.32 Å². The van der Waals surface area contributed by atoms with Gasteiger partial charge in [0.15, 0.2) is 5.17 Å². The molecule has 0 aliphatic carbocycles. The van der Waals surface area contributed by atoms with Gasteiger partial charge in [0.1, 0.15) is 5.16 Å². The highest BCUT2D eigenvalue weighted by molar-refractivity contribution is 6.69. The van der Waals surface area contributed by atoms with Crippen LogP contribution in [-0.4, -0.2) is 27.8 Å². The summed E-state index contributed by atoms with van der Waals surface area (Å²) in [7, 11) is -1.99. The Labute approximate surface area is 78.1 Å². The second kappa shape index (κ2) is 3.97. The van der Waals surface area contributed by atoms with E-state index in [9.17, 15) is 0 Å². The van der Waals surface area contributed by atoms with Crippen molar-refractivity contribution >= 4 is 35.7 Å². The van der Waals surface area contributed by atoms with Gasteiger partial charge in [-0.1, -0.05) is 28.5 Å². The van der Waals surface area contributed by atoms with Crippen LogP contribution < -0.4 is 5.43 Å². The highest BCUT2D eigenvalue weighted by Gasteiger charge is 2.18. The molecule has 0 bridgehead atoms. The lowest BCUT2D eigenvalue weighted by atomic mass is 10.3. The molecule has 3 N–H and O–H groups in total. The van der Waals surface area contributed by atoms with Crippen molar-refractivity contribution in [2.75, 3.05) is 0 Å². The van der Waals surface area contributed by atoms with Crippen molar-refractivity contribution in [1.29, 1.82) is 0 Å². The maximum atomic E-state index is 8.35. The Morgan fingerprint density at radius 2 is 2.25 bits per heavy atom. The van der Waals surface area contributed by atoms with Crippen molar-refractivity contribution in [2.45, 2.75) is 0 Å². The highest BCUT2D eigenvalue weighted by Crippen LogP contribution is 2.08. The first-order chi connectivity index (χ1) is 5.58. The number of nitrogens with zero attached hydrogens (tertiary/aromatic N) is 2. The lowest BCUT2D eigenvalue weighted by molar-refractivity contribution is -0.126. The van der Waals surface area contributed by atoms with E-state index >= 15 is 0 Å². The Hall–Kier alpha value is -0.465. The summed E-state index contributed by atoms with van der Waals surface area (Å²) in [6, 6.07) is 0. The fourth-order valence-corrected chi connectivity index (χ4v) is 0.917. The van der Waals surface area contributed by atoms with Crippen molar-refractivity contribution < 1.29 is 14.8 Å². The van der Waals surface area contributed by atoms with Crippen LogP contribution in [0.5, 0.6) is 0 Å². The largest absolute Gasteiger partial charge is 0.659 e. The molecule has 0 unspecified atom stereocenters. The normalized spacial score (nSPS) is 16.5. The second-order valence-electron chi connectivity index (χ2n) is 1.73. The molecule has 0 spiro atoms. The van der Waals surface area contributed by atoms with E-state index in [-0.39, 0.29) is 10.3 Å². The molecule has 6 nitrogen and oxygen atoms in total. The third-order valence-electron chi connectivity index (χ3n) is 0.829. The second-order valence-corrected chi connectivity index (χ2v) is 2.53. The van der Waals surface area contributed by atoms with E-state index in [2.05, 4.69) is 15.3 Å². The molecule has 0 radical (unpaired) electrons. The van der Waals surface area contributed by atoms with Gasteiger partial charge in [-0.25, -0.2) is 10.2 Å². The van der Waals surface area contributed by atoms with Crippen LogP contribution in [-0.2, 0) is 4.76 Å². The monoisotopic (exact) mass is 211 g/mol. The van der Waals surface area contributed by atoms with Gasteiger partial charge in [-0.05, 0) is 0 Å². The fourth-order valence-electron chi connectivity index (χ4n) is 0.508. The molecule has 1 heterocycles. The van der Waals surface area contributed by atoms with Crippen LogP contribution in [0, 0.1) is 0 Å². The molecular formula is C3H4BCl2N3O3. The summed E-state index contributed by atoms with van der Waals surface area (Å²) >= 11 is 10.9. The molecule has 0 amide bonds. The number of hydrogen-bond donors (Lipinski definition) is 3. The molecule has 1 aliphatic rings. The Morgan fingerprint density at radius 3 is 2.75 bits per heavy atom. The zero-order valence-corrected chi connectivity index (χ0v) is 7.12. The lowest BCUT2D eigenvalue weighted by Gasteiger charge is -2.21. The van der Waals surface area contributed by atoms with Gasteiger partial charge in [-0.3, -0.25) is 0 Å². The number of halogens is 2. The fraction of sp³-hybridized carbons (Fsp3) is 0. The summed E-state index contributed by atoms with van der Waals surface area (Å²) in [4.78, 5) is 0. The summed E-state index contributed by atoms with van der Waals surface area (Å²) in [5.41, 5.74) is 2.32. The molecule has 0 saturated carbocycles. The summed E-state index contributed by atoms with van der Waals surface area (Å²) in [5, 5.41) is 21.0. The van der Waals surface area contributed by atoms with E-state index in [1.165, 1.54) is 6.08 Å². The van der Waals surface area contributed by atoms with Gasteiger partial charge in [0, 0.05) is 6.08 Å². The number of hydrazone groups is 1. The third-order valence-corrected chi connectivity index (χ3v) is 1.21. The Bertz CT molecular complexity index is 233. The molecule has 1 rings (SSSR count). The minimum Gasteiger partial charge on any atom is -0.400 e. The Kier molecular flexibility index (Phi) is 3.18. The van der Waals surface area contributed by atoms with Gasteiger partial charge in [-0.15, -0.1) is 5.10 Å². The number of hydrazine groups is 1. The van der Waals surface area contributed by atoms with Gasteiger partial charge in [0.05, 0.1) is 0 Å². The maximum Gasteiger partial charge on any atom is 0.659 e. The molecule has 0 saturated heterocycles. The molecular weight excluding hydrogens is 208 g/mol. The zero-order valence-electron chi connectivity index (χ0n) is 5.61. The first kappa shape index (κ1) is 9.62. The first-order valence-electron chi connectivity index (χ1n) is 2.79. The molecule has 0 aromatic carbocycles. The van der Waals surface area contributed by atoms with E-state index in [1.54, 1.807) is 0 Å². The van der Waals surface area contributed by atoms with Crippen LogP contribution in [0.4, 0.5) is 0 Å². The van der Waals surface area contributed by atoms with E-state index in [0.29, 0.717) is 5.28 Å². The van der Waals surface area contributed by atoms with Crippen LogP contribution in [0.1, 0.15) is 0 Å². The summed E-state index contributed by atoms with van der Waals surface area (Å²) in [6.45, 7) is 0. The maximum absolute atomic E-state index is 8.35. The SMILES string of the molecule is OB(O)ON1N=C(Cl)C=C(Cl)N1. The Morgan fingerprint density at radius 1 is 1.58 bits per heavy atom. The smallest absolute Gasteiger partial charge is 0.400 e. The van der Waals surface area contributed by atoms with Crippen LogP contribution >= 0.6 is 23.2 Å². The van der Waals surface area contributed by atoms with Crippen molar-refractivity contribution in [3.8, 4) is 0 Å². The average molecular weight is 212 g/mol. The molecule has 1 aliphatic heterocycles. The predicted octanol–water partition coefficient (Wildman–Crippen LogP) is -0.660. The molecule has 0 aromatic heterocycles. The van der Waals surface area contributed by atoms with E-state index in [1.807, 2.05) is 0 Å². The van der Waals surface area contributed by atoms with Crippen LogP contribution in [0.15, 0.2) is 16.3 Å². The van der Waals surface area contributed by atoms with Crippen molar-refractivity contribution in [3.63, 3.8) is 0 Å². The summed E-state index contributed by atoms with van der Waals surface area (Å²) in [6.07, 6.45) is 1.33. The predicted molar refractivity (Wildman–Crippen MR) is 43.5 cm³/mol. The number of rotatable bonds is 2. The first-order valence-corrected chi connectivity index (χ1v) is 3.54. The quantitative estimate of drug-likeness (QED) is 0.418. The van der Waals surface area contributed by atoms with Crippen molar-refractivity contribution in [1.82, 2.24) is 10.7 Å². The standard InChI is InChI=1S/C3H4BCl2N3O3/c5-2-1-3(6)8-9(7-2)12-4(10)11/h1,7,10-11H. The Balaban J connectivity index is 2.55. The summed E-state index contributed by atoms with van der Waals surface area (Å²) in [5.74, 6) is 0. The highest BCUT2D eigenvalue weighted by atomic mass is 35.5. The van der Waals surface area contributed by atoms with Crippen LogP contribution in [0.25, 0.3) is 0 Å². The minimum absolute atomic E-state index is 0.0550. The van der Waals surface area contributed by atoms with Crippen molar-refractivity contribution in [3.05, 3.63) is 11.2 Å². The summed E-state index contributed by atoms with van der Waals surface area (Å²) < 4.78 is 4.27. The van der Waals surface area contributed by atoms with Crippen LogP contribution in [0.3, 0.4) is 0 Å². The van der Waals surface area contributed by atoms with Gasteiger partial charge >= 0.3 is 7.32 Å². The van der Waals surface area contributed by atoms with Gasteiger partial charge in [0.2, 0.25) is 0 Å².